The molecule has 0 unspecified atom stereocenters. The van der Waals surface area contributed by atoms with Gasteiger partial charge in [0.2, 0.25) is 5.89 Å². The Balaban J connectivity index is 1.61. The van der Waals surface area contributed by atoms with E-state index in [0.29, 0.717) is 46.5 Å². The van der Waals surface area contributed by atoms with Crippen LogP contribution in [0.1, 0.15) is 34.5 Å². The number of benzene rings is 2. The van der Waals surface area contributed by atoms with Crippen molar-refractivity contribution >= 4 is 23.2 Å². The van der Waals surface area contributed by atoms with Gasteiger partial charge in [-0.05, 0) is 42.8 Å². The first-order chi connectivity index (χ1) is 14.5. The third kappa shape index (κ3) is 3.91. The summed E-state index contributed by atoms with van der Waals surface area (Å²) in [6, 6.07) is 10.8. The molecular formula is C21H18ClFN4O3. The Morgan fingerprint density at radius 2 is 2.07 bits per heavy atom. The largest absolute Gasteiger partial charge is 0.399 e. The van der Waals surface area contributed by atoms with Gasteiger partial charge in [-0.1, -0.05) is 34.0 Å². The van der Waals surface area contributed by atoms with E-state index in [9.17, 15) is 9.18 Å². The van der Waals surface area contributed by atoms with Crippen LogP contribution < -0.4 is 0 Å². The first kappa shape index (κ1) is 20.0. The zero-order chi connectivity index (χ0) is 21.3. The van der Waals surface area contributed by atoms with E-state index in [2.05, 4.69) is 15.3 Å². The van der Waals surface area contributed by atoms with Gasteiger partial charge >= 0.3 is 0 Å². The molecule has 0 saturated carbocycles. The fraction of sp³-hybridized carbons (Fsp3) is 0.238. The minimum Gasteiger partial charge on any atom is -0.399 e. The van der Waals surface area contributed by atoms with E-state index >= 15 is 0 Å². The smallest absolute Gasteiger partial charge is 0.254 e. The summed E-state index contributed by atoms with van der Waals surface area (Å²) >= 11 is 6.14. The molecule has 0 radical (unpaired) electrons. The summed E-state index contributed by atoms with van der Waals surface area (Å²) in [6.45, 7) is 2.02. The van der Waals surface area contributed by atoms with Gasteiger partial charge in [-0.3, -0.25) is 4.79 Å². The van der Waals surface area contributed by atoms with Gasteiger partial charge in [-0.2, -0.15) is 4.98 Å². The van der Waals surface area contributed by atoms with E-state index in [1.807, 2.05) is 0 Å². The number of aryl methyl sites for hydroxylation is 1. The number of carbonyl (C=O) groups excluding carboxylic acids is 1. The fourth-order valence-electron chi connectivity index (χ4n) is 3.46. The van der Waals surface area contributed by atoms with Gasteiger partial charge in [0.25, 0.3) is 5.91 Å². The maximum absolute atomic E-state index is 13.3. The Kier molecular flexibility index (Phi) is 5.50. The van der Waals surface area contributed by atoms with E-state index in [1.165, 1.54) is 19.2 Å². The lowest BCUT2D eigenvalue weighted by Crippen LogP contribution is -2.31. The van der Waals surface area contributed by atoms with E-state index in [0.717, 1.165) is 5.56 Å². The number of carbonyl (C=O) groups is 1. The molecule has 0 bridgehead atoms. The first-order valence-corrected chi connectivity index (χ1v) is 9.59. The van der Waals surface area contributed by atoms with Crippen molar-refractivity contribution in [2.45, 2.75) is 19.4 Å². The van der Waals surface area contributed by atoms with Crippen LogP contribution in [0.4, 0.5) is 4.39 Å². The van der Waals surface area contributed by atoms with Crippen molar-refractivity contribution in [2.75, 3.05) is 13.7 Å². The fourth-order valence-corrected chi connectivity index (χ4v) is 3.74. The molecule has 1 amide bonds. The highest BCUT2D eigenvalue weighted by Crippen LogP contribution is 2.32. The SMILES string of the molecule is CON=C1C[C@@H](c2nc(C)no2)N(C(=O)c2ccc(-c3ccc(F)cc3Cl)cc2)C1. The minimum absolute atomic E-state index is 0.200. The van der Waals surface area contributed by atoms with Gasteiger partial charge in [0.15, 0.2) is 5.82 Å². The summed E-state index contributed by atoms with van der Waals surface area (Å²) in [7, 11) is 1.46. The van der Waals surface area contributed by atoms with Crippen LogP contribution in [-0.4, -0.2) is 40.3 Å². The molecule has 2 aromatic carbocycles. The lowest BCUT2D eigenvalue weighted by Gasteiger charge is -2.21. The zero-order valence-corrected chi connectivity index (χ0v) is 17.1. The van der Waals surface area contributed by atoms with Crippen molar-refractivity contribution in [3.05, 3.63) is 70.6 Å². The Labute approximate surface area is 177 Å². The van der Waals surface area contributed by atoms with Crippen LogP contribution in [0.2, 0.25) is 5.02 Å². The number of rotatable bonds is 4. The third-order valence-electron chi connectivity index (χ3n) is 4.84. The monoisotopic (exact) mass is 428 g/mol. The molecule has 4 rings (SSSR count). The van der Waals surface area contributed by atoms with Gasteiger partial charge in [0.05, 0.1) is 17.3 Å². The predicted molar refractivity (Wildman–Crippen MR) is 109 cm³/mol. The molecule has 0 spiro atoms. The number of halogens is 2. The molecule has 1 atom stereocenters. The molecule has 0 N–H and O–H groups in total. The van der Waals surface area contributed by atoms with Crippen molar-refractivity contribution in [3.8, 4) is 11.1 Å². The summed E-state index contributed by atoms with van der Waals surface area (Å²) in [5.74, 6) is 0.251. The summed E-state index contributed by atoms with van der Waals surface area (Å²) < 4.78 is 18.6. The van der Waals surface area contributed by atoms with Crippen LogP contribution in [0.5, 0.6) is 0 Å². The molecule has 2 heterocycles. The maximum atomic E-state index is 13.3. The Morgan fingerprint density at radius 3 is 2.70 bits per heavy atom. The normalized spacial score (nSPS) is 17.5. The van der Waals surface area contributed by atoms with Crippen LogP contribution >= 0.6 is 11.6 Å². The van der Waals surface area contributed by atoms with Crippen molar-refractivity contribution in [1.82, 2.24) is 15.0 Å². The summed E-state index contributed by atoms with van der Waals surface area (Å²) in [5, 5.41) is 8.12. The molecule has 1 saturated heterocycles. The van der Waals surface area contributed by atoms with E-state index < -0.39 is 11.9 Å². The van der Waals surface area contributed by atoms with Gasteiger partial charge in [0, 0.05) is 17.5 Å². The molecule has 1 aromatic heterocycles. The molecule has 1 fully saturated rings. The molecule has 1 aliphatic heterocycles. The number of likely N-dealkylation sites (tertiary alicyclic amines) is 1. The van der Waals surface area contributed by atoms with E-state index in [1.54, 1.807) is 42.2 Å². The molecule has 30 heavy (non-hydrogen) atoms. The van der Waals surface area contributed by atoms with Gasteiger partial charge < -0.3 is 14.3 Å². The van der Waals surface area contributed by atoms with Crippen LogP contribution in [0.25, 0.3) is 11.1 Å². The topological polar surface area (TPSA) is 80.8 Å². The average Bonchev–Trinajstić information content (AvgIpc) is 3.34. The molecular weight excluding hydrogens is 411 g/mol. The molecule has 154 valence electrons. The van der Waals surface area contributed by atoms with Crippen LogP contribution in [0.3, 0.4) is 0 Å². The number of oxime groups is 1. The summed E-state index contributed by atoms with van der Waals surface area (Å²) in [5.41, 5.74) is 2.66. The van der Waals surface area contributed by atoms with Gasteiger partial charge in [-0.25, -0.2) is 4.39 Å². The lowest BCUT2D eigenvalue weighted by molar-refractivity contribution is 0.0713. The van der Waals surface area contributed by atoms with Gasteiger partial charge in [-0.15, -0.1) is 0 Å². The van der Waals surface area contributed by atoms with Crippen LogP contribution in [-0.2, 0) is 4.84 Å². The number of nitrogens with zero attached hydrogens (tertiary/aromatic N) is 4. The van der Waals surface area contributed by atoms with Crippen LogP contribution in [0.15, 0.2) is 52.1 Å². The van der Waals surface area contributed by atoms with E-state index in [4.69, 9.17) is 21.0 Å². The number of aromatic nitrogens is 2. The standard InChI is InChI=1S/C21H18ClFN4O3/c1-12-24-20(30-25-12)19-10-16(26-29-2)11-27(19)21(28)14-5-3-13(4-6-14)17-8-7-15(23)9-18(17)22/h3-9,19H,10-11H2,1-2H3/t19-/m0/s1. The number of hydrogen-bond acceptors (Lipinski definition) is 6. The summed E-state index contributed by atoms with van der Waals surface area (Å²) in [6.07, 6.45) is 0.449. The summed E-state index contributed by atoms with van der Waals surface area (Å²) in [4.78, 5) is 24.0. The average molecular weight is 429 g/mol. The number of amides is 1. The minimum atomic E-state index is -0.418. The second kappa shape index (κ2) is 8.23. The predicted octanol–water partition coefficient (Wildman–Crippen LogP) is 4.43. The highest BCUT2D eigenvalue weighted by molar-refractivity contribution is 6.33. The van der Waals surface area contributed by atoms with Crippen molar-refractivity contribution < 1.29 is 18.5 Å². The molecule has 3 aromatic rings. The van der Waals surface area contributed by atoms with Crippen LogP contribution in [0, 0.1) is 12.7 Å². The Hall–Kier alpha value is -3.26. The lowest BCUT2D eigenvalue weighted by atomic mass is 10.0. The maximum Gasteiger partial charge on any atom is 0.254 e. The second-order valence-corrected chi connectivity index (χ2v) is 7.28. The first-order valence-electron chi connectivity index (χ1n) is 9.22. The molecule has 1 aliphatic rings. The molecule has 9 heteroatoms. The van der Waals surface area contributed by atoms with Crippen molar-refractivity contribution in [3.63, 3.8) is 0 Å². The quantitative estimate of drug-likeness (QED) is 0.574. The second-order valence-electron chi connectivity index (χ2n) is 6.87. The highest BCUT2D eigenvalue weighted by Gasteiger charge is 2.38. The Bertz CT molecular complexity index is 1110. The molecule has 7 nitrogen and oxygen atoms in total. The third-order valence-corrected chi connectivity index (χ3v) is 5.15. The Morgan fingerprint density at radius 1 is 1.30 bits per heavy atom. The number of hydrogen-bond donors (Lipinski definition) is 0. The molecule has 0 aliphatic carbocycles. The van der Waals surface area contributed by atoms with Crippen molar-refractivity contribution in [2.24, 2.45) is 5.16 Å². The zero-order valence-electron chi connectivity index (χ0n) is 16.3. The van der Waals surface area contributed by atoms with Gasteiger partial charge in [0.1, 0.15) is 19.0 Å². The van der Waals surface area contributed by atoms with E-state index in [-0.39, 0.29) is 5.91 Å². The van der Waals surface area contributed by atoms with Crippen molar-refractivity contribution in [1.29, 1.82) is 0 Å². The highest BCUT2D eigenvalue weighted by atomic mass is 35.5.